The first-order chi connectivity index (χ1) is 15.3. The molecule has 0 heterocycles. The number of fused-ring (bicyclic) bond motifs is 1. The van der Waals surface area contributed by atoms with Crippen molar-refractivity contribution in [1.29, 1.82) is 0 Å². The molecule has 0 aliphatic heterocycles. The van der Waals surface area contributed by atoms with Crippen LogP contribution in [0.2, 0.25) is 20.1 Å². The third-order valence-corrected chi connectivity index (χ3v) is 5.87. The number of anilines is 2. The van der Waals surface area contributed by atoms with E-state index >= 15 is 0 Å². The Morgan fingerprint density at radius 1 is 0.562 bits per heavy atom. The number of hydrogen-bond donors (Lipinski definition) is 2. The second-order valence-electron chi connectivity index (χ2n) is 6.86. The highest BCUT2D eigenvalue weighted by molar-refractivity contribution is 6.38. The molecule has 0 aliphatic rings. The molecule has 0 fully saturated rings. The highest BCUT2D eigenvalue weighted by atomic mass is 35.5. The van der Waals surface area contributed by atoms with Gasteiger partial charge in [-0.05, 0) is 48.5 Å². The monoisotopic (exact) mass is 502 g/mol. The van der Waals surface area contributed by atoms with E-state index in [0.29, 0.717) is 32.5 Å². The van der Waals surface area contributed by atoms with E-state index in [4.69, 9.17) is 46.4 Å². The number of carbonyl (C=O) groups is 2. The Balaban J connectivity index is 1.65. The molecule has 8 heteroatoms. The molecular formula is C24H14Cl4N2O2. The average molecular weight is 504 g/mol. The summed E-state index contributed by atoms with van der Waals surface area (Å²) in [6, 6.07) is 20.1. The molecule has 0 aromatic heterocycles. The van der Waals surface area contributed by atoms with Crippen molar-refractivity contribution in [3.05, 3.63) is 104 Å². The minimum atomic E-state index is -0.374. The normalized spacial score (nSPS) is 10.8. The van der Waals surface area contributed by atoms with Crippen LogP contribution in [0, 0.1) is 0 Å². The van der Waals surface area contributed by atoms with Crippen LogP contribution in [0.4, 0.5) is 11.4 Å². The molecule has 0 atom stereocenters. The molecule has 160 valence electrons. The first-order valence-electron chi connectivity index (χ1n) is 9.38. The Labute approximate surface area is 204 Å². The zero-order valence-corrected chi connectivity index (χ0v) is 19.3. The highest BCUT2D eigenvalue weighted by Gasteiger charge is 2.15. The summed E-state index contributed by atoms with van der Waals surface area (Å²) in [4.78, 5) is 25.5. The zero-order chi connectivity index (χ0) is 22.8. The Morgan fingerprint density at radius 2 is 0.969 bits per heavy atom. The molecule has 0 unspecified atom stereocenters. The first-order valence-corrected chi connectivity index (χ1v) is 10.9. The standard InChI is InChI=1S/C24H14Cl4N2O2/c25-13-7-9-17(19(27)11-13)23(31)29-21-5-1-3-15-16(21)4-2-6-22(15)30-24(32)18-10-8-14(26)12-20(18)28/h1-12H,(H,29,31)(H,30,32). The van der Waals surface area contributed by atoms with E-state index in [9.17, 15) is 9.59 Å². The van der Waals surface area contributed by atoms with Gasteiger partial charge >= 0.3 is 0 Å². The second-order valence-corrected chi connectivity index (χ2v) is 8.55. The number of amides is 2. The minimum absolute atomic E-state index is 0.253. The average Bonchev–Trinajstić information content (AvgIpc) is 2.74. The van der Waals surface area contributed by atoms with Gasteiger partial charge in [0.2, 0.25) is 0 Å². The van der Waals surface area contributed by atoms with Crippen molar-refractivity contribution in [3.63, 3.8) is 0 Å². The van der Waals surface area contributed by atoms with Crippen molar-refractivity contribution < 1.29 is 9.59 Å². The maximum absolute atomic E-state index is 12.8. The molecule has 0 saturated carbocycles. The van der Waals surface area contributed by atoms with Crippen molar-refractivity contribution in [2.24, 2.45) is 0 Å². The molecule has 2 N–H and O–H groups in total. The van der Waals surface area contributed by atoms with Crippen LogP contribution in [0.1, 0.15) is 20.7 Å². The Bertz CT molecular complexity index is 1270. The number of benzene rings is 4. The number of halogens is 4. The van der Waals surface area contributed by atoms with Gasteiger partial charge in [-0.2, -0.15) is 0 Å². The largest absolute Gasteiger partial charge is 0.321 e. The second kappa shape index (κ2) is 9.39. The Morgan fingerprint density at radius 3 is 1.34 bits per heavy atom. The Kier molecular flexibility index (Phi) is 6.58. The van der Waals surface area contributed by atoms with Crippen LogP contribution in [-0.4, -0.2) is 11.8 Å². The number of carbonyl (C=O) groups excluding carboxylic acids is 2. The van der Waals surface area contributed by atoms with Crippen LogP contribution < -0.4 is 10.6 Å². The summed E-state index contributed by atoms with van der Waals surface area (Å²) in [5.74, 6) is -0.747. The van der Waals surface area contributed by atoms with Crippen molar-refractivity contribution in [1.82, 2.24) is 0 Å². The van der Waals surface area contributed by atoms with Gasteiger partial charge in [-0.1, -0.05) is 70.7 Å². The van der Waals surface area contributed by atoms with Gasteiger partial charge in [0.25, 0.3) is 11.8 Å². The minimum Gasteiger partial charge on any atom is -0.321 e. The lowest BCUT2D eigenvalue weighted by molar-refractivity contribution is 0.101. The lowest BCUT2D eigenvalue weighted by Crippen LogP contribution is -2.14. The van der Waals surface area contributed by atoms with Crippen LogP contribution in [0.25, 0.3) is 10.8 Å². The lowest BCUT2D eigenvalue weighted by atomic mass is 10.1. The van der Waals surface area contributed by atoms with Gasteiger partial charge in [-0.25, -0.2) is 0 Å². The molecule has 4 rings (SSSR count). The van der Waals surface area contributed by atoms with Crippen molar-refractivity contribution in [2.45, 2.75) is 0 Å². The summed E-state index contributed by atoms with van der Waals surface area (Å²) >= 11 is 24.2. The van der Waals surface area contributed by atoms with Crippen molar-refractivity contribution in [3.8, 4) is 0 Å². The van der Waals surface area contributed by atoms with E-state index in [1.165, 1.54) is 12.1 Å². The smallest absolute Gasteiger partial charge is 0.257 e. The van der Waals surface area contributed by atoms with Crippen LogP contribution in [0.15, 0.2) is 72.8 Å². The van der Waals surface area contributed by atoms with E-state index < -0.39 is 0 Å². The molecule has 0 spiro atoms. The van der Waals surface area contributed by atoms with Crippen molar-refractivity contribution >= 4 is 80.4 Å². The molecule has 0 saturated heterocycles. The molecule has 0 aliphatic carbocycles. The highest BCUT2D eigenvalue weighted by Crippen LogP contribution is 2.31. The van der Waals surface area contributed by atoms with Gasteiger partial charge in [0.15, 0.2) is 0 Å². The van der Waals surface area contributed by atoms with E-state index in [1.807, 2.05) is 12.1 Å². The van der Waals surface area contributed by atoms with Gasteiger partial charge in [0.1, 0.15) is 0 Å². The summed E-state index contributed by atoms with van der Waals surface area (Å²) in [7, 11) is 0. The summed E-state index contributed by atoms with van der Waals surface area (Å²) in [6.07, 6.45) is 0. The quantitative estimate of drug-likeness (QED) is 0.296. The molecular weight excluding hydrogens is 490 g/mol. The predicted octanol–water partition coefficient (Wildman–Crippen LogP) is 7.96. The molecule has 2 amide bonds. The lowest BCUT2D eigenvalue weighted by Gasteiger charge is -2.13. The van der Waals surface area contributed by atoms with Gasteiger partial charge in [-0.15, -0.1) is 0 Å². The van der Waals surface area contributed by atoms with Crippen molar-refractivity contribution in [2.75, 3.05) is 10.6 Å². The predicted molar refractivity (Wildman–Crippen MR) is 133 cm³/mol. The van der Waals surface area contributed by atoms with E-state index in [0.717, 1.165) is 10.8 Å². The first kappa shape index (κ1) is 22.4. The van der Waals surface area contributed by atoms with E-state index in [1.54, 1.807) is 48.5 Å². The Hall–Kier alpha value is -2.76. The van der Waals surface area contributed by atoms with E-state index in [-0.39, 0.29) is 21.9 Å². The molecule has 4 nitrogen and oxygen atoms in total. The van der Waals surface area contributed by atoms with Gasteiger partial charge in [0, 0.05) is 32.2 Å². The molecule has 0 bridgehead atoms. The van der Waals surface area contributed by atoms with Gasteiger partial charge < -0.3 is 10.6 Å². The maximum Gasteiger partial charge on any atom is 0.257 e. The molecule has 32 heavy (non-hydrogen) atoms. The SMILES string of the molecule is O=C(Nc1cccc2c(NC(=O)c3ccc(Cl)cc3Cl)cccc12)c1ccc(Cl)cc1Cl. The third-order valence-electron chi connectivity index (χ3n) is 4.77. The number of rotatable bonds is 4. The van der Waals surface area contributed by atoms with Crippen LogP contribution in [0.3, 0.4) is 0 Å². The molecule has 4 aromatic rings. The summed E-state index contributed by atoms with van der Waals surface area (Å²) in [6.45, 7) is 0. The summed E-state index contributed by atoms with van der Waals surface area (Å²) < 4.78 is 0. The third kappa shape index (κ3) is 4.69. The summed E-state index contributed by atoms with van der Waals surface area (Å²) in [5.41, 5.74) is 1.74. The zero-order valence-electron chi connectivity index (χ0n) is 16.3. The topological polar surface area (TPSA) is 58.2 Å². The fraction of sp³-hybridized carbons (Fsp3) is 0. The van der Waals surface area contributed by atoms with Crippen LogP contribution in [0.5, 0.6) is 0 Å². The van der Waals surface area contributed by atoms with Crippen LogP contribution in [-0.2, 0) is 0 Å². The van der Waals surface area contributed by atoms with Gasteiger partial charge in [0.05, 0.1) is 21.2 Å². The van der Waals surface area contributed by atoms with Gasteiger partial charge in [-0.3, -0.25) is 9.59 Å². The van der Waals surface area contributed by atoms with Crippen LogP contribution >= 0.6 is 46.4 Å². The van der Waals surface area contributed by atoms with E-state index in [2.05, 4.69) is 10.6 Å². The fourth-order valence-corrected chi connectivity index (χ4v) is 4.24. The number of nitrogens with one attached hydrogen (secondary N) is 2. The summed E-state index contributed by atoms with van der Waals surface area (Å²) in [5, 5.41) is 8.62. The fourth-order valence-electron chi connectivity index (χ4n) is 3.25. The number of hydrogen-bond acceptors (Lipinski definition) is 2. The maximum atomic E-state index is 12.8. The molecule has 4 aromatic carbocycles. The molecule has 0 radical (unpaired) electrons.